The van der Waals surface area contributed by atoms with Gasteiger partial charge in [-0.1, -0.05) is 12.1 Å². The number of amidine groups is 1. The van der Waals surface area contributed by atoms with Crippen LogP contribution in [0.4, 0.5) is 5.69 Å². The first kappa shape index (κ1) is 21.0. The first-order valence-electron chi connectivity index (χ1n) is 11.3. The number of benzene rings is 2. The van der Waals surface area contributed by atoms with Crippen molar-refractivity contribution in [3.63, 3.8) is 0 Å². The number of amides is 1. The van der Waals surface area contributed by atoms with E-state index >= 15 is 0 Å². The van der Waals surface area contributed by atoms with E-state index in [2.05, 4.69) is 9.71 Å². The van der Waals surface area contributed by atoms with Crippen molar-refractivity contribution < 1.29 is 17.9 Å². The number of nitrogens with zero attached hydrogens (tertiary/aromatic N) is 2. The third-order valence-electron chi connectivity index (χ3n) is 6.43. The third-order valence-corrected chi connectivity index (χ3v) is 7.76. The molecule has 1 amide bonds. The molecule has 2 aromatic carbocycles. The van der Waals surface area contributed by atoms with Gasteiger partial charge in [0.15, 0.2) is 5.84 Å². The van der Waals surface area contributed by atoms with Crippen LogP contribution in [0.3, 0.4) is 0 Å². The molecule has 0 radical (unpaired) electrons. The minimum absolute atomic E-state index is 0.0612. The molecule has 1 atom stereocenters. The number of fused-ring (bicyclic) bond motifs is 1. The van der Waals surface area contributed by atoms with Crippen LogP contribution in [-0.4, -0.2) is 44.3 Å². The lowest BCUT2D eigenvalue weighted by atomic mass is 9.96. The molecule has 1 saturated heterocycles. The fraction of sp³-hybridized carbons (Fsp3) is 0.417. The number of sulfonamides is 1. The smallest absolute Gasteiger partial charge is 0.285 e. The van der Waals surface area contributed by atoms with Gasteiger partial charge in [0.25, 0.3) is 10.0 Å². The van der Waals surface area contributed by atoms with Crippen molar-refractivity contribution in [2.75, 3.05) is 18.4 Å². The molecule has 168 valence electrons. The van der Waals surface area contributed by atoms with Gasteiger partial charge in [0, 0.05) is 24.3 Å². The van der Waals surface area contributed by atoms with Gasteiger partial charge in [0.1, 0.15) is 10.6 Å². The summed E-state index contributed by atoms with van der Waals surface area (Å²) in [5.74, 6) is 0.981. The van der Waals surface area contributed by atoms with Gasteiger partial charge in [-0.15, -0.1) is 4.40 Å². The Bertz CT molecular complexity index is 1140. The zero-order valence-electron chi connectivity index (χ0n) is 17.9. The number of anilines is 1. The highest BCUT2D eigenvalue weighted by Gasteiger charge is 2.35. The Morgan fingerprint density at radius 1 is 1.00 bits per heavy atom. The summed E-state index contributed by atoms with van der Waals surface area (Å²) in [6.45, 7) is 1.12. The second-order valence-corrected chi connectivity index (χ2v) is 10.3. The van der Waals surface area contributed by atoms with Crippen LogP contribution in [-0.2, 0) is 14.8 Å². The number of hydrogen-bond acceptors (Lipinski definition) is 5. The number of hydrogen-bond donors (Lipinski definition) is 1. The maximum atomic E-state index is 12.9. The van der Waals surface area contributed by atoms with E-state index in [0.29, 0.717) is 30.6 Å². The van der Waals surface area contributed by atoms with Crippen molar-refractivity contribution in [1.82, 2.24) is 4.90 Å². The zero-order valence-corrected chi connectivity index (χ0v) is 18.7. The summed E-state index contributed by atoms with van der Waals surface area (Å²) in [7, 11) is -3.67. The summed E-state index contributed by atoms with van der Waals surface area (Å²) in [5, 5.41) is 3.00. The zero-order chi connectivity index (χ0) is 22.1. The monoisotopic (exact) mass is 453 g/mol. The van der Waals surface area contributed by atoms with E-state index < -0.39 is 10.0 Å². The van der Waals surface area contributed by atoms with Crippen molar-refractivity contribution in [3.8, 4) is 5.75 Å². The van der Waals surface area contributed by atoms with Gasteiger partial charge in [0.05, 0.1) is 12.0 Å². The molecule has 32 heavy (non-hydrogen) atoms. The normalized spacial score (nSPS) is 22.3. The Labute approximate surface area is 188 Å². The van der Waals surface area contributed by atoms with E-state index in [1.807, 2.05) is 35.2 Å². The predicted octanol–water partition coefficient (Wildman–Crippen LogP) is 3.81. The molecule has 5 rings (SSSR count). The first-order valence-corrected chi connectivity index (χ1v) is 12.7. The highest BCUT2D eigenvalue weighted by molar-refractivity contribution is 7.90. The molecule has 2 aromatic rings. The van der Waals surface area contributed by atoms with Gasteiger partial charge >= 0.3 is 0 Å². The van der Waals surface area contributed by atoms with E-state index in [4.69, 9.17) is 4.74 Å². The second-order valence-electron chi connectivity index (χ2n) is 8.71. The highest BCUT2D eigenvalue weighted by Crippen LogP contribution is 2.30. The first-order chi connectivity index (χ1) is 15.5. The Morgan fingerprint density at radius 3 is 2.53 bits per heavy atom. The van der Waals surface area contributed by atoms with Crippen molar-refractivity contribution >= 4 is 27.5 Å². The molecule has 2 heterocycles. The molecular weight excluding hydrogens is 426 g/mol. The second kappa shape index (κ2) is 8.58. The molecule has 0 spiro atoms. The summed E-state index contributed by atoms with van der Waals surface area (Å²) >= 11 is 0. The van der Waals surface area contributed by atoms with Crippen molar-refractivity contribution in [2.24, 2.45) is 10.3 Å². The Morgan fingerprint density at radius 2 is 1.75 bits per heavy atom. The van der Waals surface area contributed by atoms with Crippen molar-refractivity contribution in [2.45, 2.75) is 49.5 Å². The summed E-state index contributed by atoms with van der Waals surface area (Å²) < 4.78 is 34.8. The van der Waals surface area contributed by atoms with Crippen LogP contribution in [0.2, 0.25) is 0 Å². The van der Waals surface area contributed by atoms with Crippen LogP contribution in [0.15, 0.2) is 57.8 Å². The van der Waals surface area contributed by atoms with E-state index in [0.717, 1.165) is 37.1 Å². The Hall–Kier alpha value is -2.87. The van der Waals surface area contributed by atoms with Crippen molar-refractivity contribution in [3.05, 3.63) is 54.1 Å². The van der Waals surface area contributed by atoms with Gasteiger partial charge in [-0.3, -0.25) is 4.79 Å². The molecular formula is C24H27N3O4S. The van der Waals surface area contributed by atoms with Crippen LogP contribution < -0.4 is 10.1 Å². The molecule has 2 fully saturated rings. The molecule has 1 aliphatic carbocycles. The Balaban J connectivity index is 1.23. The van der Waals surface area contributed by atoms with E-state index in [9.17, 15) is 13.2 Å². The maximum Gasteiger partial charge on any atom is 0.285 e. The lowest BCUT2D eigenvalue weighted by Crippen LogP contribution is -2.43. The SMILES string of the molecule is O=C(Nc1ccc(OC2CCCC2)cc1)C1CCCN(C2=NS(=O)(=O)c3ccccc32)C1. The molecule has 1 unspecified atom stereocenters. The summed E-state index contributed by atoms with van der Waals surface area (Å²) in [5.41, 5.74) is 1.35. The number of ether oxygens (including phenoxy) is 1. The highest BCUT2D eigenvalue weighted by atomic mass is 32.2. The number of carbonyl (C=O) groups is 1. The topological polar surface area (TPSA) is 88.1 Å². The number of carbonyl (C=O) groups excluding carboxylic acids is 1. The average molecular weight is 454 g/mol. The largest absolute Gasteiger partial charge is 0.490 e. The maximum absolute atomic E-state index is 12.9. The van der Waals surface area contributed by atoms with Crippen molar-refractivity contribution in [1.29, 1.82) is 0 Å². The number of piperidine rings is 1. The van der Waals surface area contributed by atoms with Crippen LogP contribution in [0, 0.1) is 5.92 Å². The van der Waals surface area contributed by atoms with E-state index in [1.54, 1.807) is 18.2 Å². The van der Waals surface area contributed by atoms with Crippen LogP contribution in [0.25, 0.3) is 0 Å². The molecule has 1 saturated carbocycles. The molecule has 0 aromatic heterocycles. The van der Waals surface area contributed by atoms with Gasteiger partial charge in [-0.05, 0) is 74.9 Å². The standard InChI is InChI=1S/C24H27N3O4S/c28-24(25-18-11-13-20(14-12-18)31-19-7-1-2-8-19)17-6-5-15-27(16-17)23-21-9-3-4-10-22(21)32(29,30)26-23/h3-4,9-14,17,19H,1-2,5-8,15-16H2,(H,25,28). The minimum Gasteiger partial charge on any atom is -0.490 e. The molecule has 7 nitrogen and oxygen atoms in total. The van der Waals surface area contributed by atoms with E-state index in [1.165, 1.54) is 12.8 Å². The summed E-state index contributed by atoms with van der Waals surface area (Å²) in [6, 6.07) is 14.4. The van der Waals surface area contributed by atoms with Crippen LogP contribution >= 0.6 is 0 Å². The van der Waals surface area contributed by atoms with E-state index in [-0.39, 0.29) is 16.7 Å². The number of rotatable bonds is 4. The lowest BCUT2D eigenvalue weighted by molar-refractivity contribution is -0.121. The quantitative estimate of drug-likeness (QED) is 0.761. The van der Waals surface area contributed by atoms with Gasteiger partial charge in [-0.2, -0.15) is 8.42 Å². The fourth-order valence-corrected chi connectivity index (χ4v) is 5.99. The van der Waals surface area contributed by atoms with Gasteiger partial charge in [-0.25, -0.2) is 0 Å². The van der Waals surface area contributed by atoms with Crippen LogP contribution in [0.1, 0.15) is 44.1 Å². The Kier molecular flexibility index (Phi) is 5.63. The number of likely N-dealkylation sites (tertiary alicyclic amines) is 1. The molecule has 1 N–H and O–H groups in total. The lowest BCUT2D eigenvalue weighted by Gasteiger charge is -2.33. The van der Waals surface area contributed by atoms with Gasteiger partial charge in [0.2, 0.25) is 5.91 Å². The predicted molar refractivity (Wildman–Crippen MR) is 122 cm³/mol. The molecule has 3 aliphatic rings. The minimum atomic E-state index is -3.67. The fourth-order valence-electron chi connectivity index (χ4n) is 4.76. The molecule has 0 bridgehead atoms. The summed E-state index contributed by atoms with van der Waals surface area (Å²) in [6.07, 6.45) is 6.51. The molecule has 8 heteroatoms. The average Bonchev–Trinajstić information content (AvgIpc) is 3.41. The third kappa shape index (κ3) is 4.24. The van der Waals surface area contributed by atoms with Gasteiger partial charge < -0.3 is 15.0 Å². The molecule has 2 aliphatic heterocycles. The summed E-state index contributed by atoms with van der Waals surface area (Å²) in [4.78, 5) is 15.1. The van der Waals surface area contributed by atoms with Crippen LogP contribution in [0.5, 0.6) is 5.75 Å². The number of nitrogens with one attached hydrogen (secondary N) is 1.